The first kappa shape index (κ1) is 38.6. The third-order valence-electron chi connectivity index (χ3n) is 8.41. The number of methoxy groups -OCH3 is 3. The minimum Gasteiger partial charge on any atom is -0.494 e. The first-order valence-corrected chi connectivity index (χ1v) is 17.1. The SMILES string of the molecule is COc1cc(-n2c(N(C)c3ccc(OC)c(OC)c3)cnc2SCc2c(F)cc(-c3ccc(CNC(CC(=O)O)CC(=O)O)cc3)cc2F)ccc1F. The van der Waals surface area contributed by atoms with Crippen LogP contribution in [0.3, 0.4) is 0 Å². The summed E-state index contributed by atoms with van der Waals surface area (Å²) >= 11 is 1.09. The molecule has 0 amide bonds. The number of benzene rings is 4. The van der Waals surface area contributed by atoms with E-state index in [2.05, 4.69) is 10.3 Å². The highest BCUT2D eigenvalue weighted by atomic mass is 32.2. The normalized spacial score (nSPS) is 11.1. The van der Waals surface area contributed by atoms with Crippen molar-refractivity contribution in [3.05, 3.63) is 108 Å². The van der Waals surface area contributed by atoms with Crippen molar-refractivity contribution in [2.45, 2.75) is 36.3 Å². The Kier molecular flexibility index (Phi) is 12.5. The fraction of sp³-hybridized carbons (Fsp3) is 0.237. The average Bonchev–Trinajstić information content (AvgIpc) is 3.56. The summed E-state index contributed by atoms with van der Waals surface area (Å²) in [5.41, 5.74) is 2.63. The fourth-order valence-electron chi connectivity index (χ4n) is 5.62. The lowest BCUT2D eigenvalue weighted by atomic mass is 10.0. The zero-order valence-electron chi connectivity index (χ0n) is 29.2. The van der Waals surface area contributed by atoms with Gasteiger partial charge in [0, 0.05) is 48.8 Å². The van der Waals surface area contributed by atoms with Gasteiger partial charge in [0.05, 0.1) is 46.1 Å². The summed E-state index contributed by atoms with van der Waals surface area (Å²) in [6.45, 7) is 0.205. The number of imidazole rings is 1. The predicted octanol–water partition coefficient (Wildman–Crippen LogP) is 7.45. The molecule has 5 aromatic rings. The number of carbonyl (C=O) groups is 2. The molecule has 11 nitrogen and oxygen atoms in total. The van der Waals surface area contributed by atoms with E-state index in [1.165, 1.54) is 45.6 Å². The molecule has 5 rings (SSSR count). The second-order valence-corrected chi connectivity index (χ2v) is 12.8. The summed E-state index contributed by atoms with van der Waals surface area (Å²) in [6, 6.07) is 18.2. The second kappa shape index (κ2) is 17.2. The predicted molar refractivity (Wildman–Crippen MR) is 194 cm³/mol. The van der Waals surface area contributed by atoms with Gasteiger partial charge >= 0.3 is 11.9 Å². The molecular formula is C38H37F3N4O7S. The van der Waals surface area contributed by atoms with Crippen molar-refractivity contribution < 1.29 is 47.2 Å². The van der Waals surface area contributed by atoms with E-state index in [1.807, 2.05) is 11.0 Å². The summed E-state index contributed by atoms with van der Waals surface area (Å²) in [5.74, 6) is -2.82. The molecule has 0 radical (unpaired) electrons. The van der Waals surface area contributed by atoms with Gasteiger partial charge < -0.3 is 34.6 Å². The lowest BCUT2D eigenvalue weighted by Crippen LogP contribution is -2.33. The molecule has 0 bridgehead atoms. The summed E-state index contributed by atoms with van der Waals surface area (Å²) < 4.78 is 63.4. The molecule has 4 aromatic carbocycles. The zero-order valence-corrected chi connectivity index (χ0v) is 30.0. The number of aromatic nitrogens is 2. The van der Waals surface area contributed by atoms with Gasteiger partial charge in [-0.3, -0.25) is 14.2 Å². The van der Waals surface area contributed by atoms with Crippen LogP contribution in [-0.2, 0) is 21.9 Å². The number of hydrogen-bond donors (Lipinski definition) is 3. The number of hydrogen-bond acceptors (Lipinski definition) is 9. The van der Waals surface area contributed by atoms with Crippen LogP contribution in [0.5, 0.6) is 17.2 Å². The van der Waals surface area contributed by atoms with E-state index in [9.17, 15) is 14.0 Å². The summed E-state index contributed by atoms with van der Waals surface area (Å²) in [7, 11) is 6.23. The van der Waals surface area contributed by atoms with Gasteiger partial charge in [-0.15, -0.1) is 0 Å². The lowest BCUT2D eigenvalue weighted by molar-refractivity contribution is -0.139. The monoisotopic (exact) mass is 750 g/mol. The van der Waals surface area contributed by atoms with Crippen LogP contribution in [0.2, 0.25) is 0 Å². The highest BCUT2D eigenvalue weighted by Crippen LogP contribution is 2.38. The Morgan fingerprint density at radius 2 is 1.45 bits per heavy atom. The molecule has 1 heterocycles. The minimum atomic E-state index is -1.12. The van der Waals surface area contributed by atoms with Gasteiger partial charge in [-0.25, -0.2) is 18.2 Å². The van der Waals surface area contributed by atoms with Crippen molar-refractivity contribution in [2.75, 3.05) is 33.3 Å². The van der Waals surface area contributed by atoms with Crippen LogP contribution in [0, 0.1) is 17.5 Å². The molecule has 0 saturated heterocycles. The van der Waals surface area contributed by atoms with Crippen molar-refractivity contribution in [1.29, 1.82) is 0 Å². The number of anilines is 2. The van der Waals surface area contributed by atoms with E-state index in [0.29, 0.717) is 45.0 Å². The molecule has 0 spiro atoms. The second-order valence-electron chi connectivity index (χ2n) is 11.8. The number of thioether (sulfide) groups is 1. The van der Waals surface area contributed by atoms with Crippen LogP contribution in [0.25, 0.3) is 16.8 Å². The summed E-state index contributed by atoms with van der Waals surface area (Å²) in [4.78, 5) is 28.6. The van der Waals surface area contributed by atoms with E-state index >= 15 is 8.78 Å². The fourth-order valence-corrected chi connectivity index (χ4v) is 6.63. The van der Waals surface area contributed by atoms with Gasteiger partial charge in [0.25, 0.3) is 0 Å². The van der Waals surface area contributed by atoms with E-state index in [0.717, 1.165) is 17.3 Å². The van der Waals surface area contributed by atoms with Crippen LogP contribution in [0.4, 0.5) is 24.7 Å². The molecule has 0 fully saturated rings. The summed E-state index contributed by atoms with van der Waals surface area (Å²) in [5, 5.41) is 21.4. The van der Waals surface area contributed by atoms with Crippen molar-refractivity contribution >= 4 is 35.2 Å². The van der Waals surface area contributed by atoms with Crippen LogP contribution in [-0.4, -0.2) is 66.1 Å². The lowest BCUT2D eigenvalue weighted by Gasteiger charge is -2.23. The average molecular weight is 751 g/mol. The zero-order chi connectivity index (χ0) is 38.2. The summed E-state index contributed by atoms with van der Waals surface area (Å²) in [6.07, 6.45) is 0.893. The van der Waals surface area contributed by atoms with Gasteiger partial charge in [-0.05, 0) is 53.1 Å². The Hall–Kier alpha value is -5.67. The van der Waals surface area contributed by atoms with Gasteiger partial charge in [0.15, 0.2) is 28.2 Å². The molecule has 15 heteroatoms. The Morgan fingerprint density at radius 3 is 2.06 bits per heavy atom. The molecule has 0 aliphatic heterocycles. The van der Waals surface area contributed by atoms with Gasteiger partial charge in [0.2, 0.25) is 0 Å². The first-order chi connectivity index (χ1) is 25.4. The molecule has 278 valence electrons. The third-order valence-corrected chi connectivity index (χ3v) is 9.39. The molecule has 0 saturated carbocycles. The topological polar surface area (TPSA) is 135 Å². The molecule has 3 N–H and O–H groups in total. The number of ether oxygens (including phenoxy) is 3. The number of nitrogens with one attached hydrogen (secondary N) is 1. The number of carboxylic acids is 2. The Bertz CT molecular complexity index is 2060. The molecule has 0 atom stereocenters. The maximum atomic E-state index is 15.6. The van der Waals surface area contributed by atoms with Crippen molar-refractivity contribution in [3.63, 3.8) is 0 Å². The number of nitrogens with zero attached hydrogens (tertiary/aromatic N) is 3. The Morgan fingerprint density at radius 1 is 0.811 bits per heavy atom. The number of rotatable bonds is 17. The van der Waals surface area contributed by atoms with E-state index < -0.39 is 35.4 Å². The van der Waals surface area contributed by atoms with Gasteiger partial charge in [0.1, 0.15) is 17.5 Å². The Balaban J connectivity index is 1.38. The van der Waals surface area contributed by atoms with E-state index in [4.69, 9.17) is 24.4 Å². The third kappa shape index (κ3) is 9.23. The standard InChI is InChI=1S/C38H37F3N4O7S/c1-44(26-10-12-32(50-2)34(17-26)52-4)35-20-43-38(45(35)27-9-11-29(39)33(18-27)51-3)53-21-28-30(40)13-24(14-31(28)41)23-7-5-22(6-8-23)19-42-25(15-36(46)47)16-37(48)49/h5-14,17-18,20,25,42H,15-16,19,21H2,1-4H3,(H,46,47)(H,48,49). The van der Waals surface area contributed by atoms with E-state index in [-0.39, 0.29) is 36.5 Å². The highest BCUT2D eigenvalue weighted by Gasteiger charge is 2.22. The maximum Gasteiger partial charge on any atom is 0.304 e. The molecule has 0 unspecified atom stereocenters. The van der Waals surface area contributed by atoms with Crippen molar-refractivity contribution in [1.82, 2.24) is 14.9 Å². The van der Waals surface area contributed by atoms with Crippen LogP contribution in [0.1, 0.15) is 24.0 Å². The smallest absolute Gasteiger partial charge is 0.304 e. The van der Waals surface area contributed by atoms with Crippen LogP contribution >= 0.6 is 11.8 Å². The molecular weight excluding hydrogens is 714 g/mol. The van der Waals surface area contributed by atoms with Crippen LogP contribution in [0.15, 0.2) is 84.1 Å². The number of carboxylic acid groups (broad SMARTS) is 2. The van der Waals surface area contributed by atoms with Crippen LogP contribution < -0.4 is 24.4 Å². The minimum absolute atomic E-state index is 0.00408. The van der Waals surface area contributed by atoms with Gasteiger partial charge in [-0.1, -0.05) is 36.0 Å². The quantitative estimate of drug-likeness (QED) is 0.0818. The molecule has 0 aliphatic rings. The molecule has 53 heavy (non-hydrogen) atoms. The maximum absolute atomic E-state index is 15.6. The largest absolute Gasteiger partial charge is 0.494 e. The highest BCUT2D eigenvalue weighted by molar-refractivity contribution is 7.98. The van der Waals surface area contributed by atoms with Crippen molar-refractivity contribution in [2.24, 2.45) is 0 Å². The van der Waals surface area contributed by atoms with Gasteiger partial charge in [-0.2, -0.15) is 0 Å². The van der Waals surface area contributed by atoms with Crippen molar-refractivity contribution in [3.8, 4) is 34.1 Å². The molecule has 0 aliphatic carbocycles. The molecule has 1 aromatic heterocycles. The van der Waals surface area contributed by atoms with E-state index in [1.54, 1.807) is 60.3 Å². The number of aliphatic carboxylic acids is 2. The first-order valence-electron chi connectivity index (χ1n) is 16.2. The number of halogens is 3. The Labute approximate surface area is 307 Å².